The smallest absolute Gasteiger partial charge is 0.316 e. The van der Waals surface area contributed by atoms with Gasteiger partial charge in [-0.3, -0.25) is 14.4 Å². The molecule has 0 radical (unpaired) electrons. The van der Waals surface area contributed by atoms with Crippen molar-refractivity contribution in [3.63, 3.8) is 0 Å². The van der Waals surface area contributed by atoms with Crippen molar-refractivity contribution in [2.45, 2.75) is 19.9 Å². The first kappa shape index (κ1) is 19.4. The van der Waals surface area contributed by atoms with Crippen LogP contribution in [0.3, 0.4) is 0 Å². The number of aromatic nitrogens is 4. The van der Waals surface area contributed by atoms with Gasteiger partial charge in [0.15, 0.2) is 5.76 Å². The number of aromatic amines is 1. The summed E-state index contributed by atoms with van der Waals surface area (Å²) in [5.41, 5.74) is 0.280. The van der Waals surface area contributed by atoms with Gasteiger partial charge >= 0.3 is 11.1 Å². The molecule has 0 bridgehead atoms. The zero-order valence-corrected chi connectivity index (χ0v) is 16.5. The number of nitrogens with one attached hydrogen (secondary N) is 2. The zero-order chi connectivity index (χ0) is 21.4. The summed E-state index contributed by atoms with van der Waals surface area (Å²) in [6.45, 7) is 3.83. The van der Waals surface area contributed by atoms with E-state index in [2.05, 4.69) is 20.4 Å². The highest BCUT2D eigenvalue weighted by Gasteiger charge is 2.26. The van der Waals surface area contributed by atoms with E-state index in [4.69, 9.17) is 8.94 Å². The van der Waals surface area contributed by atoms with Crippen molar-refractivity contribution >= 4 is 16.9 Å². The molecule has 10 nitrogen and oxygen atoms in total. The van der Waals surface area contributed by atoms with E-state index in [0.29, 0.717) is 22.4 Å². The monoisotopic (exact) mass is 409 g/mol. The van der Waals surface area contributed by atoms with Crippen molar-refractivity contribution in [1.29, 1.82) is 0 Å². The Labute approximate surface area is 169 Å². The number of H-pyrrole nitrogens is 1. The van der Waals surface area contributed by atoms with Crippen LogP contribution in [0.4, 0.5) is 0 Å². The molecule has 3 aromatic heterocycles. The molecule has 154 valence electrons. The molecule has 0 saturated carbocycles. The summed E-state index contributed by atoms with van der Waals surface area (Å²) in [6.07, 6.45) is 1.42. The summed E-state index contributed by atoms with van der Waals surface area (Å²) in [5.74, 6) is 0.306. The third-order valence-corrected chi connectivity index (χ3v) is 4.77. The average Bonchev–Trinajstić information content (AvgIpc) is 3.42. The maximum atomic E-state index is 12.4. The molecule has 4 aromatic rings. The summed E-state index contributed by atoms with van der Waals surface area (Å²) in [4.78, 5) is 42.9. The van der Waals surface area contributed by atoms with Crippen LogP contribution in [0.5, 0.6) is 0 Å². The Kier molecular flexibility index (Phi) is 4.82. The van der Waals surface area contributed by atoms with Gasteiger partial charge in [-0.2, -0.15) is 4.98 Å². The predicted molar refractivity (Wildman–Crippen MR) is 107 cm³/mol. The van der Waals surface area contributed by atoms with E-state index in [9.17, 15) is 14.4 Å². The number of nitrogens with zero attached hydrogens (tertiary/aromatic N) is 3. The summed E-state index contributed by atoms with van der Waals surface area (Å²) in [5, 5.41) is 6.84. The van der Waals surface area contributed by atoms with Gasteiger partial charge in [-0.25, -0.2) is 0 Å². The van der Waals surface area contributed by atoms with Crippen LogP contribution in [0.25, 0.3) is 22.4 Å². The Balaban J connectivity index is 1.67. The first-order valence-corrected chi connectivity index (χ1v) is 9.26. The largest absolute Gasteiger partial charge is 0.459 e. The van der Waals surface area contributed by atoms with Crippen molar-refractivity contribution in [3.05, 3.63) is 69.0 Å². The third kappa shape index (κ3) is 3.43. The van der Waals surface area contributed by atoms with Crippen molar-refractivity contribution in [2.24, 2.45) is 13.0 Å². The lowest BCUT2D eigenvalue weighted by molar-refractivity contribution is 0.0885. The molecule has 3 heterocycles. The Hall–Kier alpha value is -3.95. The maximum Gasteiger partial charge on any atom is 0.316 e. The second-order valence-corrected chi connectivity index (χ2v) is 7.18. The van der Waals surface area contributed by atoms with Crippen molar-refractivity contribution < 1.29 is 13.7 Å². The van der Waals surface area contributed by atoms with Crippen molar-refractivity contribution in [2.75, 3.05) is 0 Å². The standard InChI is InChI=1S/C20H19N5O5/c1-10(2)15(22-17(26)14-5-4-8-29-14)19-23-16(24-30-19)11-6-7-13-12(9-11)21-18(27)20(28)25(13)3/h4-10,15H,1-3H3,(H,21,27)(H,22,26). The Bertz CT molecular complexity index is 1330. The van der Waals surface area contributed by atoms with E-state index in [0.717, 1.165) is 0 Å². The molecule has 0 aliphatic heterocycles. The molecule has 0 saturated heterocycles. The molecule has 2 N–H and O–H groups in total. The van der Waals surface area contributed by atoms with Gasteiger partial charge in [-0.05, 0) is 36.2 Å². The van der Waals surface area contributed by atoms with Crippen molar-refractivity contribution in [1.82, 2.24) is 25.0 Å². The van der Waals surface area contributed by atoms with Gasteiger partial charge < -0.3 is 23.8 Å². The van der Waals surface area contributed by atoms with E-state index >= 15 is 0 Å². The molecule has 4 rings (SSSR count). The number of hydrogen-bond acceptors (Lipinski definition) is 7. The molecule has 0 fully saturated rings. The molecular weight excluding hydrogens is 390 g/mol. The van der Waals surface area contributed by atoms with Crippen LogP contribution >= 0.6 is 0 Å². The minimum Gasteiger partial charge on any atom is -0.459 e. The van der Waals surface area contributed by atoms with Gasteiger partial charge in [0.25, 0.3) is 5.91 Å². The van der Waals surface area contributed by atoms with Gasteiger partial charge in [-0.1, -0.05) is 19.0 Å². The minimum absolute atomic E-state index is 0.0281. The quantitative estimate of drug-likeness (QED) is 0.481. The molecule has 10 heteroatoms. The third-order valence-electron chi connectivity index (χ3n) is 4.77. The second-order valence-electron chi connectivity index (χ2n) is 7.18. The fraction of sp³-hybridized carbons (Fsp3) is 0.250. The van der Waals surface area contributed by atoms with Gasteiger partial charge in [0.05, 0.1) is 17.3 Å². The average molecular weight is 409 g/mol. The number of carbonyl (C=O) groups excluding carboxylic acids is 1. The number of benzene rings is 1. The highest BCUT2D eigenvalue weighted by atomic mass is 16.5. The summed E-state index contributed by atoms with van der Waals surface area (Å²) in [7, 11) is 1.53. The lowest BCUT2D eigenvalue weighted by Crippen LogP contribution is -2.34. The van der Waals surface area contributed by atoms with E-state index in [1.807, 2.05) is 13.8 Å². The molecule has 1 aromatic carbocycles. The van der Waals surface area contributed by atoms with Crippen LogP contribution in [0, 0.1) is 5.92 Å². The number of hydrogen-bond donors (Lipinski definition) is 2. The highest BCUT2D eigenvalue weighted by Crippen LogP contribution is 2.25. The predicted octanol–water partition coefficient (Wildman–Crippen LogP) is 2.00. The van der Waals surface area contributed by atoms with E-state index in [-0.39, 0.29) is 23.5 Å². The molecule has 1 atom stereocenters. The van der Waals surface area contributed by atoms with Crippen molar-refractivity contribution in [3.8, 4) is 11.4 Å². The molecule has 0 spiro atoms. The Morgan fingerprint density at radius 2 is 2.03 bits per heavy atom. The number of aryl methyl sites for hydroxylation is 1. The van der Waals surface area contributed by atoms with Gasteiger partial charge in [-0.15, -0.1) is 0 Å². The maximum absolute atomic E-state index is 12.4. The molecule has 30 heavy (non-hydrogen) atoms. The van der Waals surface area contributed by atoms with E-state index in [1.54, 1.807) is 30.3 Å². The molecule has 0 aliphatic rings. The van der Waals surface area contributed by atoms with Crippen LogP contribution < -0.4 is 16.4 Å². The van der Waals surface area contributed by atoms with Crippen LogP contribution in [0.2, 0.25) is 0 Å². The van der Waals surface area contributed by atoms with Crippen LogP contribution in [-0.2, 0) is 7.05 Å². The van der Waals surface area contributed by atoms with Crippen LogP contribution in [0.1, 0.15) is 36.3 Å². The van der Waals surface area contributed by atoms with Crippen LogP contribution in [-0.4, -0.2) is 25.6 Å². The normalized spacial score (nSPS) is 12.4. The number of amides is 1. The van der Waals surface area contributed by atoms with Crippen LogP contribution in [0.15, 0.2) is 55.1 Å². The summed E-state index contributed by atoms with van der Waals surface area (Å²) in [6, 6.07) is 7.75. The summed E-state index contributed by atoms with van der Waals surface area (Å²) >= 11 is 0. The van der Waals surface area contributed by atoms with Gasteiger partial charge in [0.2, 0.25) is 11.7 Å². The minimum atomic E-state index is -0.712. The topological polar surface area (TPSA) is 136 Å². The van der Waals surface area contributed by atoms with E-state index in [1.165, 1.54) is 17.9 Å². The molecule has 1 amide bonds. The number of rotatable bonds is 5. The van der Waals surface area contributed by atoms with Gasteiger partial charge in [0.1, 0.15) is 6.04 Å². The summed E-state index contributed by atoms with van der Waals surface area (Å²) < 4.78 is 11.8. The fourth-order valence-corrected chi connectivity index (χ4v) is 3.12. The zero-order valence-electron chi connectivity index (χ0n) is 16.5. The second kappa shape index (κ2) is 7.47. The highest BCUT2D eigenvalue weighted by molar-refractivity contribution is 5.91. The van der Waals surface area contributed by atoms with Gasteiger partial charge in [0, 0.05) is 12.6 Å². The number of fused-ring (bicyclic) bond motifs is 1. The number of furan rings is 1. The molecule has 1 unspecified atom stereocenters. The molecule has 0 aliphatic carbocycles. The first-order chi connectivity index (χ1) is 14.3. The lowest BCUT2D eigenvalue weighted by Gasteiger charge is -2.17. The Morgan fingerprint density at radius 1 is 1.23 bits per heavy atom. The fourth-order valence-electron chi connectivity index (χ4n) is 3.12. The lowest BCUT2D eigenvalue weighted by atomic mass is 10.0. The van der Waals surface area contributed by atoms with E-state index < -0.39 is 17.2 Å². The first-order valence-electron chi connectivity index (χ1n) is 9.26. The molecular formula is C20H19N5O5. The number of carbonyl (C=O) groups is 1. The Morgan fingerprint density at radius 3 is 2.73 bits per heavy atom. The SMILES string of the molecule is CC(C)C(NC(=O)c1ccco1)c1nc(-c2ccc3c(c2)[nH]c(=O)c(=O)n3C)no1.